The van der Waals surface area contributed by atoms with Gasteiger partial charge in [0.05, 0.1) is 0 Å². The van der Waals surface area contributed by atoms with Crippen molar-refractivity contribution in [3.63, 3.8) is 0 Å². The summed E-state index contributed by atoms with van der Waals surface area (Å²) in [6, 6.07) is 41.9. The van der Waals surface area contributed by atoms with Crippen molar-refractivity contribution in [2.75, 3.05) is 6.16 Å². The molecule has 4 aromatic carbocycles. The van der Waals surface area contributed by atoms with Crippen LogP contribution in [0.5, 0.6) is 0 Å². The summed E-state index contributed by atoms with van der Waals surface area (Å²) in [6.45, 7) is 0. The Bertz CT molecular complexity index is 948. The molecule has 4 aromatic rings. The first-order valence-corrected chi connectivity index (χ1v) is 12.2. The summed E-state index contributed by atoms with van der Waals surface area (Å²) < 4.78 is 0. The molecule has 4 rings (SSSR count). The number of carbonyl (C=O) groups excluding carboxylic acids is 1. The van der Waals surface area contributed by atoms with Gasteiger partial charge in [0.25, 0.3) is 0 Å². The average Bonchev–Trinajstić information content (AvgIpc) is 2.80. The molecule has 1 nitrogen and oxygen atoms in total. The van der Waals surface area contributed by atoms with Crippen LogP contribution in [-0.4, -0.2) is 11.9 Å². The second-order valence-electron chi connectivity index (χ2n) is 7.38. The summed E-state index contributed by atoms with van der Waals surface area (Å²) in [5, 5.41) is 3.83. The molecule has 0 atom stereocenters. The van der Waals surface area contributed by atoms with E-state index in [0.717, 1.165) is 5.56 Å². The van der Waals surface area contributed by atoms with Crippen molar-refractivity contribution in [2.24, 2.45) is 0 Å². The van der Waals surface area contributed by atoms with Crippen molar-refractivity contribution in [3.05, 3.63) is 127 Å². The number of carbonyl (C=O) groups is 1. The second kappa shape index (κ2) is 8.99. The quantitative estimate of drug-likeness (QED) is 0.420. The van der Waals surface area contributed by atoms with E-state index in [-0.39, 0.29) is 0 Å². The fraction of sp³-hybridized carbons (Fsp3) is 0.0741. The Morgan fingerprint density at radius 1 is 0.517 bits per heavy atom. The molecule has 29 heavy (non-hydrogen) atoms. The van der Waals surface area contributed by atoms with Gasteiger partial charge in [-0.15, -0.1) is 0 Å². The van der Waals surface area contributed by atoms with Crippen molar-refractivity contribution in [3.8, 4) is 0 Å². The van der Waals surface area contributed by atoms with Crippen LogP contribution in [0.15, 0.2) is 121 Å². The molecule has 0 aliphatic heterocycles. The number of rotatable bonds is 7. The van der Waals surface area contributed by atoms with Crippen LogP contribution in [0, 0.1) is 0 Å². The number of ketones is 1. The summed E-state index contributed by atoms with van der Waals surface area (Å²) in [7, 11) is -2.49. The van der Waals surface area contributed by atoms with E-state index >= 15 is 0 Å². The van der Waals surface area contributed by atoms with Gasteiger partial charge in [-0.3, -0.25) is 0 Å². The molecule has 0 unspecified atom stereocenters. The molecule has 0 aliphatic carbocycles. The normalized spacial score (nSPS) is 11.7. The van der Waals surface area contributed by atoms with E-state index in [4.69, 9.17) is 0 Å². The third-order valence-electron chi connectivity index (χ3n) is 5.51. The van der Waals surface area contributed by atoms with Gasteiger partial charge in [0.15, 0.2) is 0 Å². The molecular formula is C27H25OP. The van der Waals surface area contributed by atoms with Crippen LogP contribution in [0.4, 0.5) is 0 Å². The Morgan fingerprint density at radius 2 is 0.862 bits per heavy atom. The van der Waals surface area contributed by atoms with Crippen LogP contribution in [-0.2, 0) is 11.2 Å². The van der Waals surface area contributed by atoms with E-state index in [1.54, 1.807) is 0 Å². The third kappa shape index (κ3) is 4.21. The molecule has 0 N–H and O–H groups in total. The Labute approximate surface area is 173 Å². The van der Waals surface area contributed by atoms with Crippen molar-refractivity contribution >= 4 is 29.0 Å². The number of benzene rings is 4. The number of hydrogen-bond acceptors (Lipinski definition) is 1. The Hall–Kier alpha value is -3.02. The summed E-state index contributed by atoms with van der Waals surface area (Å²) in [4.78, 5) is 13.4. The second-order valence-corrected chi connectivity index (χ2v) is 11.3. The predicted molar refractivity (Wildman–Crippen MR) is 127 cm³/mol. The molecule has 0 spiro atoms. The zero-order valence-electron chi connectivity index (χ0n) is 16.4. The summed E-state index contributed by atoms with van der Waals surface area (Å²) in [5.41, 5.74) is 1.08. The molecule has 2 heteroatoms. The van der Waals surface area contributed by atoms with Gasteiger partial charge in [-0.2, -0.15) is 0 Å². The van der Waals surface area contributed by atoms with E-state index in [2.05, 4.69) is 72.8 Å². The topological polar surface area (TPSA) is 17.1 Å². The maximum absolute atomic E-state index is 13.4. The van der Waals surface area contributed by atoms with Crippen LogP contribution in [0.25, 0.3) is 0 Å². The van der Waals surface area contributed by atoms with Gasteiger partial charge in [-0.05, 0) is 0 Å². The molecule has 0 amide bonds. The van der Waals surface area contributed by atoms with Crippen LogP contribution in [0.3, 0.4) is 0 Å². The Kier molecular flexibility index (Phi) is 5.98. The van der Waals surface area contributed by atoms with E-state index < -0.39 is 7.26 Å². The van der Waals surface area contributed by atoms with Crippen molar-refractivity contribution < 1.29 is 4.79 Å². The monoisotopic (exact) mass is 396 g/mol. The first kappa shape index (κ1) is 19.3. The zero-order chi connectivity index (χ0) is 19.9. The summed E-state index contributed by atoms with van der Waals surface area (Å²) >= 11 is 0. The van der Waals surface area contributed by atoms with Crippen molar-refractivity contribution in [1.29, 1.82) is 0 Å². The zero-order valence-corrected chi connectivity index (χ0v) is 17.4. The fourth-order valence-corrected chi connectivity index (χ4v) is 8.77. The van der Waals surface area contributed by atoms with Crippen molar-refractivity contribution in [2.45, 2.75) is 6.42 Å². The first-order valence-electron chi connectivity index (χ1n) is 10.0. The molecule has 0 radical (unpaired) electrons. The van der Waals surface area contributed by atoms with Crippen LogP contribution >= 0.6 is 7.26 Å². The van der Waals surface area contributed by atoms with E-state index in [1.807, 2.05) is 48.5 Å². The van der Waals surface area contributed by atoms with Crippen LogP contribution in [0.2, 0.25) is 0 Å². The average molecular weight is 396 g/mol. The minimum absolute atomic E-state index is 0.291. The summed E-state index contributed by atoms with van der Waals surface area (Å²) in [5.74, 6) is 0.291. The van der Waals surface area contributed by atoms with Crippen molar-refractivity contribution in [1.82, 2.24) is 0 Å². The van der Waals surface area contributed by atoms with Crippen LogP contribution < -0.4 is 15.9 Å². The molecule has 0 saturated carbocycles. The molecule has 0 heterocycles. The number of hydrogen-bond donors (Lipinski definition) is 0. The summed E-state index contributed by atoms with van der Waals surface area (Å²) in [6.07, 6.45) is 1.03. The van der Waals surface area contributed by atoms with Gasteiger partial charge in [-0.1, -0.05) is 0 Å². The predicted octanol–water partition coefficient (Wildman–Crippen LogP) is 4.52. The Balaban J connectivity index is 1.85. The SMILES string of the molecule is O=C(Cc1ccccc1)C[PH](c1ccccc1)(c1ccccc1)c1ccccc1. The van der Waals surface area contributed by atoms with Gasteiger partial charge in [0.2, 0.25) is 0 Å². The van der Waals surface area contributed by atoms with Gasteiger partial charge in [0, 0.05) is 0 Å². The standard InChI is InChI=1S/C27H25OP/c28-24(21-23-13-5-1-6-14-23)22-29(25-15-7-2-8-16-25,26-17-9-3-10-18-26)27-19-11-4-12-20-27/h1-20,29H,21-22H2. The van der Waals surface area contributed by atoms with E-state index in [9.17, 15) is 4.79 Å². The molecular weight excluding hydrogens is 371 g/mol. The van der Waals surface area contributed by atoms with Crippen LogP contribution in [0.1, 0.15) is 5.56 Å². The van der Waals surface area contributed by atoms with Gasteiger partial charge in [-0.25, -0.2) is 0 Å². The van der Waals surface area contributed by atoms with E-state index in [1.165, 1.54) is 15.9 Å². The maximum atomic E-state index is 13.4. The third-order valence-corrected chi connectivity index (χ3v) is 10.4. The molecule has 0 saturated heterocycles. The molecule has 144 valence electrons. The van der Waals surface area contributed by atoms with Gasteiger partial charge >= 0.3 is 173 Å². The minimum atomic E-state index is -2.49. The van der Waals surface area contributed by atoms with E-state index in [0.29, 0.717) is 18.4 Å². The van der Waals surface area contributed by atoms with Gasteiger partial charge in [0.1, 0.15) is 0 Å². The first-order chi connectivity index (χ1) is 14.3. The van der Waals surface area contributed by atoms with Gasteiger partial charge < -0.3 is 0 Å². The Morgan fingerprint density at radius 3 is 1.24 bits per heavy atom. The molecule has 0 fully saturated rings. The molecule has 0 bridgehead atoms. The molecule has 0 aliphatic rings. The molecule has 0 aromatic heterocycles. The fourth-order valence-electron chi connectivity index (χ4n) is 4.16. The number of Topliss-reactive ketones (excluding diaryl/α,β-unsaturated/α-hetero) is 1.